The molecule has 3 aromatic carbocycles. The number of para-hydroxylation sites is 1. The molecule has 1 aliphatic rings. The summed E-state index contributed by atoms with van der Waals surface area (Å²) in [6, 6.07) is 25.8. The third-order valence-electron chi connectivity index (χ3n) is 5.63. The predicted octanol–water partition coefficient (Wildman–Crippen LogP) is 6.85. The molecule has 1 atom stereocenters. The summed E-state index contributed by atoms with van der Waals surface area (Å²) < 4.78 is 0. The van der Waals surface area contributed by atoms with Crippen LogP contribution in [0.4, 0.5) is 0 Å². The average molecular weight is 445 g/mol. The molecule has 0 radical (unpaired) electrons. The molecule has 5 heteroatoms. The number of halogens is 1. The average Bonchev–Trinajstić information content (AvgIpc) is 2.79. The zero-order chi connectivity index (χ0) is 21.2. The molecule has 154 valence electrons. The van der Waals surface area contributed by atoms with E-state index in [4.69, 9.17) is 16.6 Å². The minimum absolute atomic E-state index is 0.0356. The molecule has 1 amide bonds. The van der Waals surface area contributed by atoms with Crippen molar-refractivity contribution in [2.24, 2.45) is 0 Å². The number of nitrogens with one attached hydrogen (secondary N) is 1. The predicted molar refractivity (Wildman–Crippen MR) is 127 cm³/mol. The summed E-state index contributed by atoms with van der Waals surface area (Å²) in [7, 11) is 0. The van der Waals surface area contributed by atoms with Gasteiger partial charge in [0.15, 0.2) is 0 Å². The molecule has 0 fully saturated rings. The molecular formula is C26H21ClN2OS. The van der Waals surface area contributed by atoms with Crippen LogP contribution in [-0.2, 0) is 6.42 Å². The van der Waals surface area contributed by atoms with E-state index in [1.165, 1.54) is 22.9 Å². The Balaban J connectivity index is 1.49. The van der Waals surface area contributed by atoms with Crippen molar-refractivity contribution in [1.82, 2.24) is 10.3 Å². The molecule has 3 nitrogen and oxygen atoms in total. The molecule has 0 saturated carbocycles. The summed E-state index contributed by atoms with van der Waals surface area (Å²) in [5, 5.41) is 5.60. The second kappa shape index (κ2) is 8.74. The van der Waals surface area contributed by atoms with Gasteiger partial charge < -0.3 is 5.32 Å². The van der Waals surface area contributed by atoms with Crippen LogP contribution in [0.2, 0.25) is 5.02 Å². The highest BCUT2D eigenvalue weighted by molar-refractivity contribution is 7.99. The van der Waals surface area contributed by atoms with Crippen LogP contribution >= 0.6 is 23.4 Å². The molecule has 31 heavy (non-hydrogen) atoms. The van der Waals surface area contributed by atoms with Crippen LogP contribution in [0.1, 0.15) is 40.4 Å². The van der Waals surface area contributed by atoms with Crippen molar-refractivity contribution in [2.45, 2.75) is 35.2 Å². The van der Waals surface area contributed by atoms with Gasteiger partial charge in [-0.15, -0.1) is 0 Å². The summed E-state index contributed by atoms with van der Waals surface area (Å²) >= 11 is 7.65. The number of fused-ring (bicyclic) bond motifs is 2. The SMILES string of the molecule is O=C(N[C@@H]1CCCc2ccccc21)c1cc(Sc2cccc(Cl)c2)nc2ccccc12. The summed E-state index contributed by atoms with van der Waals surface area (Å²) in [6.45, 7) is 0. The van der Waals surface area contributed by atoms with E-state index in [0.717, 1.165) is 40.1 Å². The van der Waals surface area contributed by atoms with Crippen molar-refractivity contribution in [3.63, 3.8) is 0 Å². The van der Waals surface area contributed by atoms with Crippen molar-refractivity contribution < 1.29 is 4.79 Å². The van der Waals surface area contributed by atoms with Gasteiger partial charge in [0.1, 0.15) is 5.03 Å². The summed E-state index contributed by atoms with van der Waals surface area (Å²) in [5.74, 6) is -0.0618. The highest BCUT2D eigenvalue weighted by atomic mass is 35.5. The Morgan fingerprint density at radius 3 is 2.74 bits per heavy atom. The number of carbonyl (C=O) groups excluding carboxylic acids is 1. The number of aryl methyl sites for hydroxylation is 1. The maximum Gasteiger partial charge on any atom is 0.252 e. The van der Waals surface area contributed by atoms with Crippen molar-refractivity contribution >= 4 is 40.2 Å². The molecule has 4 aromatic rings. The topological polar surface area (TPSA) is 42.0 Å². The lowest BCUT2D eigenvalue weighted by Gasteiger charge is -2.26. The van der Waals surface area contributed by atoms with Crippen LogP contribution in [0.25, 0.3) is 10.9 Å². The Hall–Kier alpha value is -2.82. The maximum absolute atomic E-state index is 13.4. The number of amides is 1. The highest BCUT2D eigenvalue weighted by Gasteiger charge is 2.23. The fourth-order valence-corrected chi connectivity index (χ4v) is 5.33. The van der Waals surface area contributed by atoms with E-state index in [-0.39, 0.29) is 11.9 Å². The van der Waals surface area contributed by atoms with Crippen molar-refractivity contribution in [3.8, 4) is 0 Å². The van der Waals surface area contributed by atoms with Gasteiger partial charge in [0, 0.05) is 15.3 Å². The fraction of sp³-hybridized carbons (Fsp3) is 0.154. The number of benzene rings is 3. The van der Waals surface area contributed by atoms with Gasteiger partial charge in [0.25, 0.3) is 5.91 Å². The number of hydrogen-bond donors (Lipinski definition) is 1. The Morgan fingerprint density at radius 2 is 1.84 bits per heavy atom. The van der Waals surface area contributed by atoms with Gasteiger partial charge in [-0.3, -0.25) is 4.79 Å². The molecule has 0 bridgehead atoms. The second-order valence-electron chi connectivity index (χ2n) is 7.70. The first-order chi connectivity index (χ1) is 15.2. The van der Waals surface area contributed by atoms with E-state index in [2.05, 4.69) is 23.5 Å². The lowest BCUT2D eigenvalue weighted by molar-refractivity contribution is 0.0934. The van der Waals surface area contributed by atoms with Gasteiger partial charge >= 0.3 is 0 Å². The van der Waals surface area contributed by atoms with Crippen LogP contribution in [0.3, 0.4) is 0 Å². The van der Waals surface area contributed by atoms with Gasteiger partial charge in [-0.25, -0.2) is 4.98 Å². The first-order valence-corrected chi connectivity index (χ1v) is 11.6. The van der Waals surface area contributed by atoms with E-state index < -0.39 is 0 Å². The number of rotatable bonds is 4. The van der Waals surface area contributed by atoms with Crippen LogP contribution in [-0.4, -0.2) is 10.9 Å². The van der Waals surface area contributed by atoms with E-state index in [1.54, 1.807) is 0 Å². The molecule has 0 spiro atoms. The largest absolute Gasteiger partial charge is 0.345 e. The monoisotopic (exact) mass is 444 g/mol. The number of aromatic nitrogens is 1. The normalized spacial score (nSPS) is 15.5. The zero-order valence-corrected chi connectivity index (χ0v) is 18.4. The van der Waals surface area contributed by atoms with Gasteiger partial charge in [0.05, 0.1) is 17.1 Å². The maximum atomic E-state index is 13.4. The Kier molecular flexibility index (Phi) is 5.66. The zero-order valence-electron chi connectivity index (χ0n) is 16.8. The molecule has 1 aliphatic carbocycles. The van der Waals surface area contributed by atoms with Crippen molar-refractivity contribution in [2.75, 3.05) is 0 Å². The standard InChI is InChI=1S/C26H21ClN2OS/c27-18-9-6-10-19(15-18)31-25-16-22(21-12-3-4-13-24(21)28-25)26(30)29-23-14-5-8-17-7-1-2-11-20(17)23/h1-4,6-7,9-13,15-16,23H,5,8,14H2,(H,29,30)/t23-/m1/s1. The molecule has 1 N–H and O–H groups in total. The molecule has 1 heterocycles. The highest BCUT2D eigenvalue weighted by Crippen LogP contribution is 2.33. The van der Waals surface area contributed by atoms with Gasteiger partial charge in [0.2, 0.25) is 0 Å². The summed E-state index contributed by atoms with van der Waals surface area (Å²) in [6.07, 6.45) is 3.10. The summed E-state index contributed by atoms with van der Waals surface area (Å²) in [4.78, 5) is 19.2. The van der Waals surface area contributed by atoms with Crippen molar-refractivity contribution in [1.29, 1.82) is 0 Å². The first kappa shape index (κ1) is 20.1. The third-order valence-corrected chi connectivity index (χ3v) is 6.77. The minimum atomic E-state index is -0.0618. The quantitative estimate of drug-likeness (QED) is 0.374. The van der Waals surface area contributed by atoms with E-state index >= 15 is 0 Å². The lowest BCUT2D eigenvalue weighted by Crippen LogP contribution is -2.31. The van der Waals surface area contributed by atoms with Crippen LogP contribution in [0.5, 0.6) is 0 Å². The molecule has 0 aliphatic heterocycles. The minimum Gasteiger partial charge on any atom is -0.345 e. The Morgan fingerprint density at radius 1 is 1.00 bits per heavy atom. The lowest BCUT2D eigenvalue weighted by atomic mass is 9.87. The fourth-order valence-electron chi connectivity index (χ4n) is 4.18. The van der Waals surface area contributed by atoms with Crippen LogP contribution in [0, 0.1) is 0 Å². The molecule has 5 rings (SSSR count). The first-order valence-electron chi connectivity index (χ1n) is 10.4. The van der Waals surface area contributed by atoms with E-state index in [0.29, 0.717) is 10.6 Å². The number of pyridine rings is 1. The number of nitrogens with zero attached hydrogens (tertiary/aromatic N) is 1. The van der Waals surface area contributed by atoms with Gasteiger partial charge in [-0.05, 0) is 60.7 Å². The Bertz CT molecular complexity index is 1270. The second-order valence-corrected chi connectivity index (χ2v) is 9.23. The van der Waals surface area contributed by atoms with Gasteiger partial charge in [-0.1, -0.05) is 71.9 Å². The number of hydrogen-bond acceptors (Lipinski definition) is 3. The molecular weight excluding hydrogens is 424 g/mol. The van der Waals surface area contributed by atoms with Crippen LogP contribution in [0.15, 0.2) is 88.8 Å². The third kappa shape index (κ3) is 4.32. The molecule has 0 saturated heterocycles. The Labute approximate surface area is 190 Å². The molecule has 1 aromatic heterocycles. The molecule has 0 unspecified atom stereocenters. The van der Waals surface area contributed by atoms with Gasteiger partial charge in [-0.2, -0.15) is 0 Å². The summed E-state index contributed by atoms with van der Waals surface area (Å²) in [5.41, 5.74) is 4.02. The van der Waals surface area contributed by atoms with E-state index in [1.807, 2.05) is 60.7 Å². The van der Waals surface area contributed by atoms with Crippen LogP contribution < -0.4 is 5.32 Å². The van der Waals surface area contributed by atoms with Crippen molar-refractivity contribution in [3.05, 3.63) is 101 Å². The number of carbonyl (C=O) groups is 1. The van der Waals surface area contributed by atoms with E-state index in [9.17, 15) is 4.79 Å². The smallest absolute Gasteiger partial charge is 0.252 e.